The van der Waals surface area contributed by atoms with Gasteiger partial charge in [0, 0.05) is 31.8 Å². The summed E-state index contributed by atoms with van der Waals surface area (Å²) in [6.07, 6.45) is 9.50. The molecule has 0 spiro atoms. The van der Waals surface area contributed by atoms with Gasteiger partial charge in [0.25, 0.3) is 0 Å². The zero-order chi connectivity index (χ0) is 14.5. The smallest absolute Gasteiger partial charge is 0.139 e. The van der Waals surface area contributed by atoms with Crippen molar-refractivity contribution in [1.29, 1.82) is 0 Å². The third-order valence-electron chi connectivity index (χ3n) is 4.31. The SMILES string of the molecule is NC1CCN(c2cncc(OCC3CCCCO3)c2)CC1. The number of aromatic nitrogens is 1. The largest absolute Gasteiger partial charge is 0.489 e. The highest BCUT2D eigenvalue weighted by molar-refractivity contribution is 5.48. The van der Waals surface area contributed by atoms with Crippen molar-refractivity contribution < 1.29 is 9.47 Å². The van der Waals surface area contributed by atoms with Gasteiger partial charge in [-0.25, -0.2) is 0 Å². The van der Waals surface area contributed by atoms with Gasteiger partial charge in [-0.15, -0.1) is 0 Å². The molecule has 2 saturated heterocycles. The molecule has 0 radical (unpaired) electrons. The number of hydrogen-bond donors (Lipinski definition) is 1. The maximum Gasteiger partial charge on any atom is 0.139 e. The van der Waals surface area contributed by atoms with Gasteiger partial charge >= 0.3 is 0 Å². The average Bonchev–Trinajstić information content (AvgIpc) is 2.55. The Morgan fingerprint density at radius 2 is 2.10 bits per heavy atom. The van der Waals surface area contributed by atoms with Crippen molar-refractivity contribution in [3.8, 4) is 5.75 Å². The van der Waals surface area contributed by atoms with Crippen molar-refractivity contribution in [1.82, 2.24) is 4.98 Å². The predicted molar refractivity (Wildman–Crippen MR) is 82.7 cm³/mol. The average molecular weight is 291 g/mol. The second-order valence-corrected chi connectivity index (χ2v) is 6.00. The van der Waals surface area contributed by atoms with Gasteiger partial charge in [-0.1, -0.05) is 0 Å². The normalized spacial score (nSPS) is 24.0. The molecule has 3 heterocycles. The Labute approximate surface area is 126 Å². The molecule has 0 aromatic carbocycles. The molecule has 0 saturated carbocycles. The topological polar surface area (TPSA) is 60.6 Å². The van der Waals surface area contributed by atoms with E-state index < -0.39 is 0 Å². The van der Waals surface area contributed by atoms with Crippen LogP contribution < -0.4 is 15.4 Å². The van der Waals surface area contributed by atoms with Crippen LogP contribution in [-0.4, -0.2) is 43.4 Å². The Bertz CT molecular complexity index is 441. The highest BCUT2D eigenvalue weighted by Gasteiger charge is 2.18. The molecule has 0 bridgehead atoms. The van der Waals surface area contributed by atoms with Crippen LogP contribution in [0.15, 0.2) is 18.5 Å². The van der Waals surface area contributed by atoms with E-state index in [1.54, 1.807) is 6.20 Å². The number of rotatable bonds is 4. The summed E-state index contributed by atoms with van der Waals surface area (Å²) >= 11 is 0. The molecule has 5 nitrogen and oxygen atoms in total. The molecule has 116 valence electrons. The Morgan fingerprint density at radius 3 is 2.86 bits per heavy atom. The molecule has 21 heavy (non-hydrogen) atoms. The molecule has 2 aliphatic heterocycles. The van der Waals surface area contributed by atoms with E-state index in [4.69, 9.17) is 15.2 Å². The number of ether oxygens (including phenoxy) is 2. The number of nitrogens with zero attached hydrogens (tertiary/aromatic N) is 2. The van der Waals surface area contributed by atoms with Crippen LogP contribution in [-0.2, 0) is 4.74 Å². The van der Waals surface area contributed by atoms with Gasteiger partial charge in [-0.05, 0) is 32.1 Å². The minimum absolute atomic E-state index is 0.232. The Kier molecular flexibility index (Phi) is 4.93. The predicted octanol–water partition coefficient (Wildman–Crippen LogP) is 1.96. The van der Waals surface area contributed by atoms with E-state index in [2.05, 4.69) is 16.0 Å². The molecule has 2 fully saturated rings. The van der Waals surface area contributed by atoms with Crippen LogP contribution in [0.2, 0.25) is 0 Å². The van der Waals surface area contributed by atoms with Crippen LogP contribution >= 0.6 is 0 Å². The van der Waals surface area contributed by atoms with Crippen LogP contribution in [0.5, 0.6) is 5.75 Å². The van der Waals surface area contributed by atoms with Crippen LogP contribution in [0.4, 0.5) is 5.69 Å². The summed E-state index contributed by atoms with van der Waals surface area (Å²) in [5.41, 5.74) is 7.08. The Balaban J connectivity index is 1.55. The second-order valence-electron chi connectivity index (χ2n) is 6.00. The van der Waals surface area contributed by atoms with Gasteiger partial charge < -0.3 is 20.1 Å². The van der Waals surface area contributed by atoms with Gasteiger partial charge in [0.15, 0.2) is 0 Å². The summed E-state index contributed by atoms with van der Waals surface area (Å²) in [5.74, 6) is 0.830. The lowest BCUT2D eigenvalue weighted by atomic mass is 10.1. The number of nitrogens with two attached hydrogens (primary N) is 1. The molecule has 1 unspecified atom stereocenters. The number of piperidine rings is 1. The van der Waals surface area contributed by atoms with Crippen molar-refractivity contribution in [2.75, 3.05) is 31.2 Å². The summed E-state index contributed by atoms with van der Waals surface area (Å²) < 4.78 is 11.5. The van der Waals surface area contributed by atoms with Crippen molar-refractivity contribution in [3.05, 3.63) is 18.5 Å². The summed E-state index contributed by atoms with van der Waals surface area (Å²) in [7, 11) is 0. The van der Waals surface area contributed by atoms with Gasteiger partial charge in [0.2, 0.25) is 0 Å². The molecule has 1 atom stereocenters. The highest BCUT2D eigenvalue weighted by Crippen LogP contribution is 2.23. The third kappa shape index (κ3) is 4.08. The molecule has 0 amide bonds. The Morgan fingerprint density at radius 1 is 1.24 bits per heavy atom. The van der Waals surface area contributed by atoms with E-state index in [9.17, 15) is 0 Å². The third-order valence-corrected chi connectivity index (χ3v) is 4.31. The summed E-state index contributed by atoms with van der Waals surface area (Å²) in [5, 5.41) is 0. The fraction of sp³-hybridized carbons (Fsp3) is 0.688. The van der Waals surface area contributed by atoms with Gasteiger partial charge in [-0.3, -0.25) is 4.98 Å². The monoisotopic (exact) mass is 291 g/mol. The second kappa shape index (κ2) is 7.09. The highest BCUT2D eigenvalue weighted by atomic mass is 16.5. The quantitative estimate of drug-likeness (QED) is 0.919. The zero-order valence-corrected chi connectivity index (χ0v) is 12.5. The molecular formula is C16H25N3O2. The molecule has 1 aromatic heterocycles. The molecule has 3 rings (SSSR count). The summed E-state index contributed by atoms with van der Waals surface area (Å²) in [6.45, 7) is 3.48. The zero-order valence-electron chi connectivity index (χ0n) is 12.5. The van der Waals surface area contributed by atoms with Gasteiger partial charge in [0.05, 0.1) is 24.2 Å². The first-order chi connectivity index (χ1) is 10.3. The first-order valence-electron chi connectivity index (χ1n) is 8.01. The fourth-order valence-corrected chi connectivity index (χ4v) is 2.94. The van der Waals surface area contributed by atoms with Crippen molar-refractivity contribution in [2.45, 2.75) is 44.2 Å². The van der Waals surface area contributed by atoms with Crippen LogP contribution in [0.3, 0.4) is 0 Å². The maximum atomic E-state index is 5.95. The van der Waals surface area contributed by atoms with E-state index in [0.29, 0.717) is 12.6 Å². The summed E-state index contributed by atoms with van der Waals surface area (Å²) in [4.78, 5) is 6.64. The van der Waals surface area contributed by atoms with E-state index in [1.807, 2.05) is 6.20 Å². The molecule has 1 aromatic rings. The summed E-state index contributed by atoms with van der Waals surface area (Å²) in [6, 6.07) is 2.42. The lowest BCUT2D eigenvalue weighted by Crippen LogP contribution is -2.39. The van der Waals surface area contributed by atoms with Crippen LogP contribution in [0.1, 0.15) is 32.1 Å². The minimum atomic E-state index is 0.232. The van der Waals surface area contributed by atoms with Crippen molar-refractivity contribution in [3.63, 3.8) is 0 Å². The van der Waals surface area contributed by atoms with Crippen LogP contribution in [0.25, 0.3) is 0 Å². The van der Waals surface area contributed by atoms with Gasteiger partial charge in [-0.2, -0.15) is 0 Å². The van der Waals surface area contributed by atoms with E-state index in [1.165, 1.54) is 12.8 Å². The standard InChI is InChI=1S/C16H25N3O2/c17-13-4-6-19(7-5-13)14-9-16(11-18-10-14)21-12-15-3-1-2-8-20-15/h9-11,13,15H,1-8,12,17H2. The maximum absolute atomic E-state index is 5.95. The van der Waals surface area contributed by atoms with Crippen molar-refractivity contribution >= 4 is 5.69 Å². The van der Waals surface area contributed by atoms with E-state index in [0.717, 1.165) is 50.4 Å². The fourth-order valence-electron chi connectivity index (χ4n) is 2.94. The molecule has 0 aliphatic carbocycles. The lowest BCUT2D eigenvalue weighted by Gasteiger charge is -2.31. The number of anilines is 1. The van der Waals surface area contributed by atoms with Crippen LogP contribution in [0, 0.1) is 0 Å². The Hall–Kier alpha value is -1.33. The number of pyridine rings is 1. The molecular weight excluding hydrogens is 266 g/mol. The first kappa shape index (κ1) is 14.6. The number of hydrogen-bond acceptors (Lipinski definition) is 5. The van der Waals surface area contributed by atoms with E-state index >= 15 is 0 Å². The van der Waals surface area contributed by atoms with E-state index in [-0.39, 0.29) is 6.10 Å². The lowest BCUT2D eigenvalue weighted by molar-refractivity contribution is -0.0111. The molecule has 2 N–H and O–H groups in total. The molecule has 2 aliphatic rings. The first-order valence-corrected chi connectivity index (χ1v) is 8.01. The minimum Gasteiger partial charge on any atom is -0.489 e. The molecule has 5 heteroatoms. The van der Waals surface area contributed by atoms with Gasteiger partial charge in [0.1, 0.15) is 12.4 Å². The van der Waals surface area contributed by atoms with Crippen molar-refractivity contribution in [2.24, 2.45) is 5.73 Å².